The third-order valence-electron chi connectivity index (χ3n) is 4.59. The molecule has 3 rings (SSSR count). The highest BCUT2D eigenvalue weighted by molar-refractivity contribution is 5.38. The molecule has 1 aliphatic rings. The zero-order valence-corrected chi connectivity index (χ0v) is 13.2. The van der Waals surface area contributed by atoms with E-state index >= 15 is 0 Å². The van der Waals surface area contributed by atoms with E-state index in [1.165, 1.54) is 34.4 Å². The number of rotatable bonds is 4. The number of hydrogen-bond acceptors (Lipinski definition) is 2. The first-order valence-corrected chi connectivity index (χ1v) is 7.95. The summed E-state index contributed by atoms with van der Waals surface area (Å²) in [6.07, 6.45) is 4.28. The summed E-state index contributed by atoms with van der Waals surface area (Å²) in [6, 6.07) is 11.5. The molecule has 0 radical (unpaired) electrons. The van der Waals surface area contributed by atoms with E-state index in [0.29, 0.717) is 12.0 Å². The van der Waals surface area contributed by atoms with Crippen LogP contribution in [0.15, 0.2) is 36.5 Å². The summed E-state index contributed by atoms with van der Waals surface area (Å²) in [5.41, 5.74) is 6.85. The lowest BCUT2D eigenvalue weighted by Crippen LogP contribution is -2.27. The predicted octanol–water partition coefficient (Wildman–Crippen LogP) is 4.08. The molecule has 1 aromatic carbocycles. The molecule has 2 aromatic rings. The van der Waals surface area contributed by atoms with Crippen LogP contribution in [0.3, 0.4) is 0 Å². The van der Waals surface area contributed by atoms with Crippen LogP contribution in [0.4, 0.5) is 0 Å². The minimum absolute atomic E-state index is 0.367. The standard InChI is InChI=1S/C19H24N2/c1-4-20-19(16-9-7-13(2)12-14(16)3)17-10-8-15-6-5-11-21-18(15)17/h5-7,9,11-12,17,19-20H,4,8,10H2,1-3H3. The largest absolute Gasteiger partial charge is 0.310 e. The Hall–Kier alpha value is -1.67. The Balaban J connectivity index is 1.99. The topological polar surface area (TPSA) is 24.9 Å². The van der Waals surface area contributed by atoms with Crippen LogP contribution in [0, 0.1) is 13.8 Å². The van der Waals surface area contributed by atoms with E-state index in [-0.39, 0.29) is 0 Å². The molecule has 1 aromatic heterocycles. The normalized spacial score (nSPS) is 18.5. The van der Waals surface area contributed by atoms with Crippen LogP contribution < -0.4 is 5.32 Å². The summed E-state index contributed by atoms with van der Waals surface area (Å²) in [4.78, 5) is 4.68. The molecule has 1 aliphatic carbocycles. The highest BCUT2D eigenvalue weighted by atomic mass is 14.9. The molecule has 0 saturated carbocycles. The molecule has 2 heteroatoms. The third kappa shape index (κ3) is 2.73. The number of likely N-dealkylation sites (N-methyl/N-ethyl adjacent to an activating group) is 1. The van der Waals surface area contributed by atoms with Crippen molar-refractivity contribution in [1.29, 1.82) is 0 Å². The lowest BCUT2D eigenvalue weighted by atomic mass is 9.87. The van der Waals surface area contributed by atoms with Gasteiger partial charge in [-0.2, -0.15) is 0 Å². The minimum Gasteiger partial charge on any atom is -0.310 e. The van der Waals surface area contributed by atoms with Crippen LogP contribution in [0.2, 0.25) is 0 Å². The van der Waals surface area contributed by atoms with E-state index < -0.39 is 0 Å². The third-order valence-corrected chi connectivity index (χ3v) is 4.59. The van der Waals surface area contributed by atoms with Crippen LogP contribution in [0.25, 0.3) is 0 Å². The molecule has 0 amide bonds. The number of benzene rings is 1. The fourth-order valence-electron chi connectivity index (χ4n) is 3.63. The molecular weight excluding hydrogens is 256 g/mol. The van der Waals surface area contributed by atoms with Crippen molar-refractivity contribution in [3.05, 3.63) is 64.5 Å². The minimum atomic E-state index is 0.367. The van der Waals surface area contributed by atoms with Gasteiger partial charge in [-0.25, -0.2) is 0 Å². The van der Waals surface area contributed by atoms with Gasteiger partial charge in [-0.1, -0.05) is 36.8 Å². The Morgan fingerprint density at radius 3 is 2.90 bits per heavy atom. The zero-order valence-electron chi connectivity index (χ0n) is 13.2. The van der Waals surface area contributed by atoms with Gasteiger partial charge in [-0.3, -0.25) is 4.98 Å². The average Bonchev–Trinajstić information content (AvgIpc) is 2.89. The molecule has 2 atom stereocenters. The lowest BCUT2D eigenvalue weighted by Gasteiger charge is -2.27. The molecule has 2 nitrogen and oxygen atoms in total. The predicted molar refractivity (Wildman–Crippen MR) is 87.6 cm³/mol. The quantitative estimate of drug-likeness (QED) is 0.913. The molecule has 0 aliphatic heterocycles. The number of pyridine rings is 1. The van der Waals surface area contributed by atoms with Gasteiger partial charge in [-0.05, 0) is 56.0 Å². The van der Waals surface area contributed by atoms with Crippen LogP contribution in [0.1, 0.15) is 53.3 Å². The Kier molecular flexibility index (Phi) is 4.07. The maximum Gasteiger partial charge on any atom is 0.0485 e. The second-order valence-electron chi connectivity index (χ2n) is 6.09. The second kappa shape index (κ2) is 5.98. The average molecular weight is 280 g/mol. The van der Waals surface area contributed by atoms with E-state index in [0.717, 1.165) is 13.0 Å². The van der Waals surface area contributed by atoms with E-state index in [9.17, 15) is 0 Å². The number of fused-ring (bicyclic) bond motifs is 1. The maximum atomic E-state index is 4.68. The van der Waals surface area contributed by atoms with Gasteiger partial charge in [0.05, 0.1) is 0 Å². The first kappa shape index (κ1) is 14.3. The molecule has 0 saturated heterocycles. The Morgan fingerprint density at radius 2 is 2.14 bits per heavy atom. The van der Waals surface area contributed by atoms with Crippen LogP contribution in [-0.2, 0) is 6.42 Å². The van der Waals surface area contributed by atoms with Crippen molar-refractivity contribution in [3.63, 3.8) is 0 Å². The molecule has 1 heterocycles. The first-order valence-electron chi connectivity index (χ1n) is 7.95. The molecule has 110 valence electrons. The monoisotopic (exact) mass is 280 g/mol. The fraction of sp³-hybridized carbons (Fsp3) is 0.421. The van der Waals surface area contributed by atoms with E-state index in [1.54, 1.807) is 0 Å². The van der Waals surface area contributed by atoms with Gasteiger partial charge >= 0.3 is 0 Å². The smallest absolute Gasteiger partial charge is 0.0485 e. The molecule has 21 heavy (non-hydrogen) atoms. The summed E-state index contributed by atoms with van der Waals surface area (Å²) in [5.74, 6) is 0.488. The summed E-state index contributed by atoms with van der Waals surface area (Å²) in [7, 11) is 0. The Morgan fingerprint density at radius 1 is 1.29 bits per heavy atom. The van der Waals surface area contributed by atoms with Crippen molar-refractivity contribution in [2.45, 2.75) is 45.6 Å². The molecule has 0 bridgehead atoms. The van der Waals surface area contributed by atoms with Gasteiger partial charge in [0.15, 0.2) is 0 Å². The van der Waals surface area contributed by atoms with Crippen LogP contribution >= 0.6 is 0 Å². The van der Waals surface area contributed by atoms with Gasteiger partial charge < -0.3 is 5.32 Å². The molecular formula is C19H24N2. The summed E-state index contributed by atoms with van der Waals surface area (Å²) >= 11 is 0. The van der Waals surface area contributed by atoms with Crippen molar-refractivity contribution in [1.82, 2.24) is 10.3 Å². The number of hydrogen-bond donors (Lipinski definition) is 1. The number of nitrogens with zero attached hydrogens (tertiary/aromatic N) is 1. The van der Waals surface area contributed by atoms with E-state index in [1.807, 2.05) is 6.20 Å². The summed E-state index contributed by atoms with van der Waals surface area (Å²) < 4.78 is 0. The first-order chi connectivity index (χ1) is 10.2. The van der Waals surface area contributed by atoms with Crippen molar-refractivity contribution >= 4 is 0 Å². The molecule has 1 N–H and O–H groups in total. The maximum absolute atomic E-state index is 4.68. The highest BCUT2D eigenvalue weighted by Gasteiger charge is 2.32. The molecule has 0 spiro atoms. The highest BCUT2D eigenvalue weighted by Crippen LogP contribution is 2.41. The van der Waals surface area contributed by atoms with Crippen molar-refractivity contribution in [3.8, 4) is 0 Å². The van der Waals surface area contributed by atoms with Crippen molar-refractivity contribution in [2.75, 3.05) is 6.54 Å². The second-order valence-corrected chi connectivity index (χ2v) is 6.09. The lowest BCUT2D eigenvalue weighted by molar-refractivity contribution is 0.445. The summed E-state index contributed by atoms with van der Waals surface area (Å²) in [5, 5.41) is 3.70. The number of nitrogens with one attached hydrogen (secondary N) is 1. The zero-order chi connectivity index (χ0) is 14.8. The fourth-order valence-corrected chi connectivity index (χ4v) is 3.63. The summed E-state index contributed by atoms with van der Waals surface area (Å²) in [6.45, 7) is 7.55. The Bertz CT molecular complexity index is 633. The van der Waals surface area contributed by atoms with Crippen LogP contribution in [0.5, 0.6) is 0 Å². The number of aryl methyl sites for hydroxylation is 3. The van der Waals surface area contributed by atoms with Crippen molar-refractivity contribution in [2.24, 2.45) is 0 Å². The Labute approximate surface area is 127 Å². The van der Waals surface area contributed by atoms with Crippen LogP contribution in [-0.4, -0.2) is 11.5 Å². The molecule has 0 fully saturated rings. The number of aromatic nitrogens is 1. The van der Waals surface area contributed by atoms with Crippen molar-refractivity contribution < 1.29 is 0 Å². The van der Waals surface area contributed by atoms with Gasteiger partial charge in [-0.15, -0.1) is 0 Å². The van der Waals surface area contributed by atoms with E-state index in [2.05, 4.69) is 61.4 Å². The molecule has 2 unspecified atom stereocenters. The van der Waals surface area contributed by atoms with Gasteiger partial charge in [0, 0.05) is 23.9 Å². The SMILES string of the molecule is CCNC(c1ccc(C)cc1C)C1CCc2cccnc21. The van der Waals surface area contributed by atoms with Gasteiger partial charge in [0.2, 0.25) is 0 Å². The van der Waals surface area contributed by atoms with E-state index in [4.69, 9.17) is 0 Å². The van der Waals surface area contributed by atoms with Gasteiger partial charge in [0.25, 0.3) is 0 Å². The van der Waals surface area contributed by atoms with Gasteiger partial charge in [0.1, 0.15) is 0 Å².